The molecule has 0 aliphatic rings. The van der Waals surface area contributed by atoms with E-state index < -0.39 is 4.92 Å². The molecule has 0 spiro atoms. The number of aryl methyl sites for hydroxylation is 1. The summed E-state index contributed by atoms with van der Waals surface area (Å²) in [6.07, 6.45) is 0. The van der Waals surface area contributed by atoms with Crippen LogP contribution < -0.4 is 10.5 Å². The molecular formula is C15H16N2O3. The zero-order valence-electron chi connectivity index (χ0n) is 11.2. The normalized spacial score (nSPS) is 10.3. The molecule has 2 rings (SSSR count). The fourth-order valence-corrected chi connectivity index (χ4v) is 1.91. The van der Waals surface area contributed by atoms with E-state index in [2.05, 4.69) is 0 Å². The number of ether oxygens (including phenoxy) is 1. The predicted molar refractivity (Wildman–Crippen MR) is 76.5 cm³/mol. The van der Waals surface area contributed by atoms with Crippen LogP contribution in [0.3, 0.4) is 0 Å². The van der Waals surface area contributed by atoms with Crippen molar-refractivity contribution in [3.63, 3.8) is 0 Å². The van der Waals surface area contributed by atoms with Gasteiger partial charge in [0.25, 0.3) is 5.69 Å². The minimum Gasteiger partial charge on any atom is -0.489 e. The third kappa shape index (κ3) is 3.13. The van der Waals surface area contributed by atoms with Crippen LogP contribution >= 0.6 is 0 Å². The number of nitro benzene ring substituents is 1. The average molecular weight is 272 g/mol. The van der Waals surface area contributed by atoms with Gasteiger partial charge in [-0.2, -0.15) is 0 Å². The maximum atomic E-state index is 10.7. The van der Waals surface area contributed by atoms with Gasteiger partial charge in [-0.3, -0.25) is 10.1 Å². The number of nitrogens with zero attached hydrogens (tertiary/aromatic N) is 1. The van der Waals surface area contributed by atoms with Crippen LogP contribution in [0.1, 0.15) is 16.7 Å². The van der Waals surface area contributed by atoms with E-state index in [1.807, 2.05) is 31.2 Å². The number of rotatable bonds is 5. The molecule has 0 radical (unpaired) electrons. The molecule has 0 atom stereocenters. The van der Waals surface area contributed by atoms with E-state index in [1.54, 1.807) is 6.07 Å². The lowest BCUT2D eigenvalue weighted by atomic mass is 10.1. The summed E-state index contributed by atoms with van der Waals surface area (Å²) in [5, 5.41) is 10.7. The number of benzene rings is 2. The van der Waals surface area contributed by atoms with Crippen LogP contribution in [-0.4, -0.2) is 4.92 Å². The Morgan fingerprint density at radius 1 is 1.20 bits per heavy atom. The van der Waals surface area contributed by atoms with Crippen molar-refractivity contribution < 1.29 is 9.66 Å². The highest BCUT2D eigenvalue weighted by molar-refractivity contribution is 5.44. The first-order chi connectivity index (χ1) is 9.61. The van der Waals surface area contributed by atoms with Crippen molar-refractivity contribution in [1.29, 1.82) is 0 Å². The molecule has 5 nitrogen and oxygen atoms in total. The summed E-state index contributed by atoms with van der Waals surface area (Å²) in [5.41, 5.74) is 8.49. The van der Waals surface area contributed by atoms with Gasteiger partial charge < -0.3 is 10.5 Å². The first-order valence-electron chi connectivity index (χ1n) is 6.26. The number of nitrogens with two attached hydrogens (primary N) is 1. The third-order valence-electron chi connectivity index (χ3n) is 3.12. The lowest BCUT2D eigenvalue weighted by Crippen LogP contribution is -2.04. The molecule has 0 saturated heterocycles. The van der Waals surface area contributed by atoms with Crippen LogP contribution in [0.15, 0.2) is 42.5 Å². The van der Waals surface area contributed by atoms with Crippen molar-refractivity contribution in [1.82, 2.24) is 0 Å². The predicted octanol–water partition coefficient (Wildman–Crippen LogP) is 2.94. The molecule has 20 heavy (non-hydrogen) atoms. The molecule has 0 fully saturated rings. The lowest BCUT2D eigenvalue weighted by Gasteiger charge is -2.11. The molecule has 5 heteroatoms. The number of hydrogen-bond donors (Lipinski definition) is 1. The van der Waals surface area contributed by atoms with Crippen molar-refractivity contribution in [2.24, 2.45) is 5.73 Å². The van der Waals surface area contributed by atoms with E-state index in [4.69, 9.17) is 10.5 Å². The van der Waals surface area contributed by atoms with Crippen molar-refractivity contribution in [2.45, 2.75) is 20.1 Å². The summed E-state index contributed by atoms with van der Waals surface area (Å²) in [6.45, 7) is 2.63. The molecular weight excluding hydrogens is 256 g/mol. The maximum absolute atomic E-state index is 10.7. The molecule has 0 amide bonds. The maximum Gasteiger partial charge on any atom is 0.270 e. The zero-order valence-corrected chi connectivity index (χ0v) is 11.2. The SMILES string of the molecule is Cc1ccccc1COc1ccc([N+](=O)[O-])cc1CN. The van der Waals surface area contributed by atoms with Crippen LogP contribution in [0.2, 0.25) is 0 Å². The van der Waals surface area contributed by atoms with E-state index in [9.17, 15) is 10.1 Å². The Bertz CT molecular complexity index is 626. The van der Waals surface area contributed by atoms with E-state index in [1.165, 1.54) is 12.1 Å². The molecule has 0 saturated carbocycles. The van der Waals surface area contributed by atoms with Gasteiger partial charge >= 0.3 is 0 Å². The Labute approximate surface area is 117 Å². The van der Waals surface area contributed by atoms with E-state index in [0.717, 1.165) is 11.1 Å². The van der Waals surface area contributed by atoms with Crippen molar-refractivity contribution in [2.75, 3.05) is 0 Å². The third-order valence-corrected chi connectivity index (χ3v) is 3.12. The minimum atomic E-state index is -0.440. The number of nitro groups is 1. The quantitative estimate of drug-likeness (QED) is 0.670. The Hall–Kier alpha value is -2.40. The molecule has 0 bridgehead atoms. The van der Waals surface area contributed by atoms with Crippen LogP contribution in [0.25, 0.3) is 0 Å². The summed E-state index contributed by atoms with van der Waals surface area (Å²) < 4.78 is 5.73. The van der Waals surface area contributed by atoms with E-state index >= 15 is 0 Å². The first kappa shape index (κ1) is 14.0. The van der Waals surface area contributed by atoms with E-state index in [-0.39, 0.29) is 12.2 Å². The minimum absolute atomic E-state index is 0.0219. The van der Waals surface area contributed by atoms with Crippen LogP contribution in [-0.2, 0) is 13.2 Å². The van der Waals surface area contributed by atoms with Crippen molar-refractivity contribution in [3.05, 3.63) is 69.3 Å². The lowest BCUT2D eigenvalue weighted by molar-refractivity contribution is -0.384. The first-order valence-corrected chi connectivity index (χ1v) is 6.26. The summed E-state index contributed by atoms with van der Waals surface area (Å²) >= 11 is 0. The summed E-state index contributed by atoms with van der Waals surface area (Å²) in [6, 6.07) is 12.4. The highest BCUT2D eigenvalue weighted by Gasteiger charge is 2.11. The molecule has 2 aromatic carbocycles. The van der Waals surface area contributed by atoms with Gasteiger partial charge in [-0.1, -0.05) is 24.3 Å². The van der Waals surface area contributed by atoms with Crippen LogP contribution in [0.4, 0.5) is 5.69 Å². The molecule has 2 aromatic rings. The highest BCUT2D eigenvalue weighted by Crippen LogP contribution is 2.25. The number of hydrogen-bond acceptors (Lipinski definition) is 4. The number of non-ortho nitro benzene ring substituents is 1. The largest absolute Gasteiger partial charge is 0.489 e. The van der Waals surface area contributed by atoms with Crippen LogP contribution in [0, 0.1) is 17.0 Å². The van der Waals surface area contributed by atoms with Crippen LogP contribution in [0.5, 0.6) is 5.75 Å². The zero-order chi connectivity index (χ0) is 14.5. The van der Waals surface area contributed by atoms with Gasteiger partial charge in [0.05, 0.1) is 4.92 Å². The second-order valence-corrected chi connectivity index (χ2v) is 4.47. The fraction of sp³-hybridized carbons (Fsp3) is 0.200. The standard InChI is InChI=1S/C15H16N2O3/c1-11-4-2-3-5-12(11)10-20-15-7-6-14(17(18)19)8-13(15)9-16/h2-8H,9-10,16H2,1H3. The molecule has 104 valence electrons. The smallest absolute Gasteiger partial charge is 0.270 e. The Morgan fingerprint density at radius 3 is 2.60 bits per heavy atom. The summed E-state index contributed by atoms with van der Waals surface area (Å²) in [4.78, 5) is 10.3. The van der Waals surface area contributed by atoms with Crippen molar-refractivity contribution >= 4 is 5.69 Å². The fourth-order valence-electron chi connectivity index (χ4n) is 1.91. The molecule has 0 aromatic heterocycles. The Balaban J connectivity index is 2.17. The topological polar surface area (TPSA) is 78.4 Å². The van der Waals surface area contributed by atoms with Gasteiger partial charge in [0, 0.05) is 24.2 Å². The second-order valence-electron chi connectivity index (χ2n) is 4.47. The van der Waals surface area contributed by atoms with Gasteiger partial charge in [-0.25, -0.2) is 0 Å². The Morgan fingerprint density at radius 2 is 1.95 bits per heavy atom. The highest BCUT2D eigenvalue weighted by atomic mass is 16.6. The molecule has 2 N–H and O–H groups in total. The summed E-state index contributed by atoms with van der Waals surface area (Å²) in [7, 11) is 0. The molecule has 0 aliphatic carbocycles. The van der Waals surface area contributed by atoms with Gasteiger partial charge in [-0.05, 0) is 24.1 Å². The average Bonchev–Trinajstić information content (AvgIpc) is 2.46. The second kappa shape index (κ2) is 6.16. The Kier molecular flexibility index (Phi) is 4.32. The molecule has 0 unspecified atom stereocenters. The van der Waals surface area contributed by atoms with Gasteiger partial charge in [0.1, 0.15) is 12.4 Å². The molecule has 0 heterocycles. The van der Waals surface area contributed by atoms with E-state index in [0.29, 0.717) is 17.9 Å². The summed E-state index contributed by atoms with van der Waals surface area (Å²) in [5.74, 6) is 0.585. The van der Waals surface area contributed by atoms with Gasteiger partial charge in [0.15, 0.2) is 0 Å². The molecule has 0 aliphatic heterocycles. The van der Waals surface area contributed by atoms with Gasteiger partial charge in [-0.15, -0.1) is 0 Å². The van der Waals surface area contributed by atoms with Crippen molar-refractivity contribution in [3.8, 4) is 5.75 Å². The van der Waals surface area contributed by atoms with Gasteiger partial charge in [0.2, 0.25) is 0 Å². The monoisotopic (exact) mass is 272 g/mol.